The van der Waals surface area contributed by atoms with Gasteiger partial charge in [0, 0.05) is 19.1 Å². The fraction of sp³-hybridized carbons (Fsp3) is 1.00. The minimum Gasteiger partial charge on any atom is -0.375 e. The molecule has 1 aliphatic heterocycles. The Balaban J connectivity index is 1.35. The largest absolute Gasteiger partial charge is 0.375 e. The van der Waals surface area contributed by atoms with Crippen molar-refractivity contribution < 1.29 is 4.74 Å². The Hall–Kier alpha value is -0.0800. The van der Waals surface area contributed by atoms with E-state index in [2.05, 4.69) is 25.7 Å². The van der Waals surface area contributed by atoms with Crippen molar-refractivity contribution >= 4 is 0 Å². The van der Waals surface area contributed by atoms with Crippen molar-refractivity contribution in [3.05, 3.63) is 0 Å². The van der Waals surface area contributed by atoms with Gasteiger partial charge in [-0.3, -0.25) is 4.90 Å². The van der Waals surface area contributed by atoms with E-state index in [0.717, 1.165) is 30.4 Å². The van der Waals surface area contributed by atoms with E-state index < -0.39 is 0 Å². The maximum atomic E-state index is 6.26. The molecule has 104 valence electrons. The zero-order valence-corrected chi connectivity index (χ0v) is 12.3. The summed E-state index contributed by atoms with van der Waals surface area (Å²) in [5, 5.41) is 0. The van der Waals surface area contributed by atoms with Gasteiger partial charge >= 0.3 is 0 Å². The second-order valence-electron chi connectivity index (χ2n) is 7.51. The number of hydrogen-bond donors (Lipinski definition) is 0. The molecule has 1 saturated heterocycles. The third kappa shape index (κ3) is 2.91. The second-order valence-corrected chi connectivity index (χ2v) is 7.51. The van der Waals surface area contributed by atoms with E-state index in [4.69, 9.17) is 4.74 Å². The fourth-order valence-corrected chi connectivity index (χ4v) is 3.38. The van der Waals surface area contributed by atoms with Gasteiger partial charge in [-0.05, 0) is 49.9 Å². The molecule has 2 heteroatoms. The maximum absolute atomic E-state index is 6.26. The van der Waals surface area contributed by atoms with Crippen LogP contribution in [0.5, 0.6) is 0 Å². The van der Waals surface area contributed by atoms with Gasteiger partial charge in [-0.15, -0.1) is 0 Å². The van der Waals surface area contributed by atoms with Gasteiger partial charge in [0.15, 0.2) is 0 Å². The quantitative estimate of drug-likeness (QED) is 0.688. The summed E-state index contributed by atoms with van der Waals surface area (Å²) < 4.78 is 6.26. The lowest BCUT2D eigenvalue weighted by molar-refractivity contribution is -0.0364. The Labute approximate surface area is 112 Å². The first-order chi connectivity index (χ1) is 8.58. The van der Waals surface area contributed by atoms with Crippen molar-refractivity contribution in [2.75, 3.05) is 19.7 Å². The summed E-state index contributed by atoms with van der Waals surface area (Å²) in [4.78, 5) is 2.67. The number of rotatable bonds is 7. The van der Waals surface area contributed by atoms with Gasteiger partial charge in [0.1, 0.15) is 0 Å². The normalized spacial score (nSPS) is 29.3. The lowest BCUT2D eigenvalue weighted by Gasteiger charge is -2.43. The van der Waals surface area contributed by atoms with Gasteiger partial charge in [-0.25, -0.2) is 0 Å². The van der Waals surface area contributed by atoms with Crippen LogP contribution in [-0.2, 0) is 4.74 Å². The molecule has 0 unspecified atom stereocenters. The van der Waals surface area contributed by atoms with Crippen LogP contribution in [0.15, 0.2) is 0 Å². The lowest BCUT2D eigenvalue weighted by Crippen LogP contribution is -2.51. The van der Waals surface area contributed by atoms with E-state index in [1.165, 1.54) is 45.2 Å². The molecule has 0 radical (unpaired) electrons. The summed E-state index contributed by atoms with van der Waals surface area (Å²) in [6.45, 7) is 10.7. The summed E-state index contributed by atoms with van der Waals surface area (Å²) >= 11 is 0. The number of nitrogens with zero attached hydrogens (tertiary/aromatic N) is 1. The van der Waals surface area contributed by atoms with Crippen LogP contribution in [0.2, 0.25) is 0 Å². The van der Waals surface area contributed by atoms with Crippen molar-refractivity contribution in [1.29, 1.82) is 0 Å². The first kappa shape index (κ1) is 12.9. The summed E-state index contributed by atoms with van der Waals surface area (Å²) in [6, 6.07) is 0.963. The molecule has 0 bridgehead atoms. The molecule has 2 aliphatic carbocycles. The van der Waals surface area contributed by atoms with E-state index >= 15 is 0 Å². The monoisotopic (exact) mass is 251 g/mol. The van der Waals surface area contributed by atoms with E-state index in [9.17, 15) is 0 Å². The summed E-state index contributed by atoms with van der Waals surface area (Å²) in [5.41, 5.74) is 0.294. The van der Waals surface area contributed by atoms with Crippen LogP contribution < -0.4 is 0 Å². The predicted molar refractivity (Wildman–Crippen MR) is 74.6 cm³/mol. The molecule has 3 fully saturated rings. The van der Waals surface area contributed by atoms with E-state index in [1.54, 1.807) is 0 Å². The molecule has 0 amide bonds. The minimum absolute atomic E-state index is 0.294. The first-order valence-electron chi connectivity index (χ1n) is 7.96. The van der Waals surface area contributed by atoms with Gasteiger partial charge < -0.3 is 4.74 Å². The predicted octanol–water partition coefficient (Wildman–Crippen LogP) is 3.31. The highest BCUT2D eigenvalue weighted by Crippen LogP contribution is 2.45. The highest BCUT2D eigenvalue weighted by atomic mass is 16.5. The summed E-state index contributed by atoms with van der Waals surface area (Å²) in [7, 11) is 0. The van der Waals surface area contributed by atoms with Crippen molar-refractivity contribution in [3.8, 4) is 0 Å². The molecule has 2 saturated carbocycles. The van der Waals surface area contributed by atoms with Crippen LogP contribution in [0, 0.1) is 17.8 Å². The van der Waals surface area contributed by atoms with Crippen LogP contribution in [0.1, 0.15) is 52.9 Å². The van der Waals surface area contributed by atoms with Crippen molar-refractivity contribution in [1.82, 2.24) is 4.90 Å². The van der Waals surface area contributed by atoms with Gasteiger partial charge in [0.2, 0.25) is 0 Å². The Kier molecular flexibility index (Phi) is 3.44. The summed E-state index contributed by atoms with van der Waals surface area (Å²) in [6.07, 6.45) is 6.77. The number of ether oxygens (including phenoxy) is 1. The molecule has 1 atom stereocenters. The topological polar surface area (TPSA) is 12.5 Å². The SMILES string of the molecule is CC(C)CC1(OC[C@H](C)C2CN(C3CC3)C2)CC1. The lowest BCUT2D eigenvalue weighted by atomic mass is 9.87. The molecule has 0 spiro atoms. The summed E-state index contributed by atoms with van der Waals surface area (Å²) in [5.74, 6) is 2.43. The molecule has 18 heavy (non-hydrogen) atoms. The first-order valence-corrected chi connectivity index (χ1v) is 7.96. The average molecular weight is 251 g/mol. The van der Waals surface area contributed by atoms with Crippen molar-refractivity contribution in [2.45, 2.75) is 64.5 Å². The van der Waals surface area contributed by atoms with Crippen molar-refractivity contribution in [2.24, 2.45) is 17.8 Å². The Bertz CT molecular complexity index is 287. The van der Waals surface area contributed by atoms with Gasteiger partial charge in [-0.1, -0.05) is 20.8 Å². The smallest absolute Gasteiger partial charge is 0.0687 e. The molecule has 3 aliphatic rings. The molecule has 0 N–H and O–H groups in total. The molecular formula is C16H29NO. The van der Waals surface area contributed by atoms with Crippen LogP contribution in [0.4, 0.5) is 0 Å². The molecule has 3 rings (SSSR count). The van der Waals surface area contributed by atoms with Crippen LogP contribution >= 0.6 is 0 Å². The zero-order chi connectivity index (χ0) is 12.8. The molecular weight excluding hydrogens is 222 g/mol. The number of hydrogen-bond acceptors (Lipinski definition) is 2. The second kappa shape index (κ2) is 4.79. The van der Waals surface area contributed by atoms with Crippen LogP contribution in [-0.4, -0.2) is 36.2 Å². The van der Waals surface area contributed by atoms with Crippen LogP contribution in [0.3, 0.4) is 0 Å². The van der Waals surface area contributed by atoms with Crippen LogP contribution in [0.25, 0.3) is 0 Å². The van der Waals surface area contributed by atoms with Crippen molar-refractivity contribution in [3.63, 3.8) is 0 Å². The van der Waals surface area contributed by atoms with E-state index in [-0.39, 0.29) is 0 Å². The minimum atomic E-state index is 0.294. The average Bonchev–Trinajstić information content (AvgIpc) is 3.08. The molecule has 0 aromatic carbocycles. The maximum Gasteiger partial charge on any atom is 0.0687 e. The third-order valence-electron chi connectivity index (χ3n) is 5.05. The third-order valence-corrected chi connectivity index (χ3v) is 5.05. The Morgan fingerprint density at radius 1 is 1.17 bits per heavy atom. The number of likely N-dealkylation sites (tertiary alicyclic amines) is 1. The zero-order valence-electron chi connectivity index (χ0n) is 12.3. The molecule has 2 nitrogen and oxygen atoms in total. The highest BCUT2D eigenvalue weighted by molar-refractivity contribution is 4.97. The molecule has 0 aromatic rings. The standard InChI is InChI=1S/C16H29NO/c1-12(2)8-16(6-7-16)18-11-13(3)14-9-17(10-14)15-4-5-15/h12-15H,4-11H2,1-3H3/t13-/m0/s1. The van der Waals surface area contributed by atoms with Gasteiger partial charge in [0.05, 0.1) is 12.2 Å². The Morgan fingerprint density at radius 3 is 2.33 bits per heavy atom. The molecule has 1 heterocycles. The Morgan fingerprint density at radius 2 is 1.83 bits per heavy atom. The molecule has 0 aromatic heterocycles. The van der Waals surface area contributed by atoms with Gasteiger partial charge in [-0.2, -0.15) is 0 Å². The van der Waals surface area contributed by atoms with Gasteiger partial charge in [0.25, 0.3) is 0 Å². The highest BCUT2D eigenvalue weighted by Gasteiger charge is 2.45. The fourth-order valence-electron chi connectivity index (χ4n) is 3.38. The van der Waals surface area contributed by atoms with E-state index in [0.29, 0.717) is 5.60 Å². The van der Waals surface area contributed by atoms with E-state index in [1.807, 2.05) is 0 Å².